The normalized spacial score (nSPS) is 12.2. The molecule has 3 nitrogen and oxygen atoms in total. The number of hydrogen-bond donors (Lipinski definition) is 1. The van der Waals surface area contributed by atoms with Gasteiger partial charge in [-0.05, 0) is 25.1 Å². The fourth-order valence-corrected chi connectivity index (χ4v) is 1.41. The molecule has 0 amide bonds. The smallest absolute Gasteiger partial charge is 0.307 e. The number of rotatable bonds is 4. The van der Waals surface area contributed by atoms with Crippen molar-refractivity contribution in [1.29, 1.82) is 0 Å². The van der Waals surface area contributed by atoms with Gasteiger partial charge in [0.25, 0.3) is 0 Å². The molecule has 1 aromatic rings. The monoisotopic (exact) mass is 276 g/mol. The fraction of sp³-hybridized carbons (Fsp3) is 0.300. The van der Waals surface area contributed by atoms with Crippen LogP contribution in [0, 0.1) is 5.82 Å². The molecular formula is C10H10BrFO3. The number of halogens is 2. The van der Waals surface area contributed by atoms with E-state index in [2.05, 4.69) is 15.9 Å². The summed E-state index contributed by atoms with van der Waals surface area (Å²) in [4.78, 5) is 10.4. The first-order chi connectivity index (χ1) is 6.99. The molecule has 1 atom stereocenters. The Hall–Kier alpha value is -1.10. The maximum Gasteiger partial charge on any atom is 0.307 e. The van der Waals surface area contributed by atoms with Crippen LogP contribution in [0.3, 0.4) is 0 Å². The first-order valence-corrected chi connectivity index (χ1v) is 5.12. The minimum Gasteiger partial charge on any atom is -0.487 e. The summed E-state index contributed by atoms with van der Waals surface area (Å²) in [7, 11) is 0. The second-order valence-corrected chi connectivity index (χ2v) is 4.02. The van der Waals surface area contributed by atoms with Crippen molar-refractivity contribution in [3.63, 3.8) is 0 Å². The molecule has 0 saturated heterocycles. The Morgan fingerprint density at radius 2 is 2.33 bits per heavy atom. The molecule has 5 heteroatoms. The summed E-state index contributed by atoms with van der Waals surface area (Å²) >= 11 is 3.11. The maximum absolute atomic E-state index is 13.2. The Kier molecular flexibility index (Phi) is 4.08. The third-order valence-electron chi connectivity index (χ3n) is 1.68. The minimum atomic E-state index is -0.972. The molecule has 0 aliphatic rings. The van der Waals surface area contributed by atoms with Crippen LogP contribution < -0.4 is 4.74 Å². The molecule has 0 aliphatic heterocycles. The summed E-state index contributed by atoms with van der Waals surface area (Å²) in [5.41, 5.74) is 0. The van der Waals surface area contributed by atoms with Crippen LogP contribution in [0.4, 0.5) is 4.39 Å². The largest absolute Gasteiger partial charge is 0.487 e. The lowest BCUT2D eigenvalue weighted by Gasteiger charge is -2.13. The average molecular weight is 277 g/mol. The molecule has 1 unspecified atom stereocenters. The number of aliphatic carboxylic acids is 1. The Labute approximate surface area is 95.0 Å². The third-order valence-corrected chi connectivity index (χ3v) is 2.18. The van der Waals surface area contributed by atoms with Crippen molar-refractivity contribution in [2.45, 2.75) is 19.4 Å². The van der Waals surface area contributed by atoms with Gasteiger partial charge in [0.15, 0.2) is 11.6 Å². The highest BCUT2D eigenvalue weighted by atomic mass is 79.9. The summed E-state index contributed by atoms with van der Waals surface area (Å²) < 4.78 is 19.0. The Morgan fingerprint density at radius 3 is 2.87 bits per heavy atom. The second kappa shape index (κ2) is 5.11. The highest BCUT2D eigenvalue weighted by Crippen LogP contribution is 2.22. The van der Waals surface area contributed by atoms with Gasteiger partial charge in [0.05, 0.1) is 6.42 Å². The Bertz CT molecular complexity index is 368. The van der Waals surface area contributed by atoms with Gasteiger partial charge in [-0.25, -0.2) is 4.39 Å². The van der Waals surface area contributed by atoms with Gasteiger partial charge >= 0.3 is 5.97 Å². The SMILES string of the molecule is CC(CC(=O)O)Oc1ccc(Br)cc1F. The van der Waals surface area contributed by atoms with Gasteiger partial charge in [-0.3, -0.25) is 4.79 Å². The molecule has 0 aromatic heterocycles. The number of ether oxygens (including phenoxy) is 1. The molecule has 1 N–H and O–H groups in total. The van der Waals surface area contributed by atoms with Gasteiger partial charge in [-0.2, -0.15) is 0 Å². The van der Waals surface area contributed by atoms with E-state index in [1.165, 1.54) is 12.1 Å². The fourth-order valence-electron chi connectivity index (χ4n) is 1.08. The lowest BCUT2D eigenvalue weighted by molar-refractivity contribution is -0.138. The van der Waals surface area contributed by atoms with E-state index in [0.29, 0.717) is 4.47 Å². The topological polar surface area (TPSA) is 46.5 Å². The van der Waals surface area contributed by atoms with Crippen molar-refractivity contribution in [1.82, 2.24) is 0 Å². The van der Waals surface area contributed by atoms with Gasteiger partial charge in [-0.1, -0.05) is 15.9 Å². The first-order valence-electron chi connectivity index (χ1n) is 4.32. The average Bonchev–Trinajstić information content (AvgIpc) is 2.08. The summed E-state index contributed by atoms with van der Waals surface area (Å²) in [5, 5.41) is 8.49. The lowest BCUT2D eigenvalue weighted by atomic mass is 10.3. The molecule has 15 heavy (non-hydrogen) atoms. The van der Waals surface area contributed by atoms with Crippen LogP contribution in [0.5, 0.6) is 5.75 Å². The zero-order valence-electron chi connectivity index (χ0n) is 8.04. The maximum atomic E-state index is 13.2. The van der Waals surface area contributed by atoms with Crippen LogP contribution in [0.2, 0.25) is 0 Å². The minimum absolute atomic E-state index is 0.0620. The molecule has 0 aliphatic carbocycles. The van der Waals surface area contributed by atoms with Gasteiger partial charge in [0, 0.05) is 4.47 Å². The number of benzene rings is 1. The van der Waals surface area contributed by atoms with Crippen LogP contribution in [0.25, 0.3) is 0 Å². The molecule has 0 radical (unpaired) electrons. The zero-order valence-corrected chi connectivity index (χ0v) is 9.62. The molecule has 1 aromatic carbocycles. The summed E-state index contributed by atoms with van der Waals surface area (Å²) in [6, 6.07) is 4.35. The number of carbonyl (C=O) groups is 1. The van der Waals surface area contributed by atoms with Gasteiger partial charge < -0.3 is 9.84 Å². The number of carboxylic acid groups (broad SMARTS) is 1. The summed E-state index contributed by atoms with van der Waals surface area (Å²) in [5.74, 6) is -1.42. The van der Waals surface area contributed by atoms with Crippen LogP contribution in [-0.4, -0.2) is 17.2 Å². The van der Waals surface area contributed by atoms with E-state index >= 15 is 0 Å². The summed E-state index contributed by atoms with van der Waals surface area (Å²) in [6.07, 6.45) is -0.714. The van der Waals surface area contributed by atoms with Crippen molar-refractivity contribution in [3.8, 4) is 5.75 Å². The molecule has 0 saturated carbocycles. The second-order valence-electron chi connectivity index (χ2n) is 3.10. The van der Waals surface area contributed by atoms with E-state index in [0.717, 1.165) is 0 Å². The van der Waals surface area contributed by atoms with E-state index in [4.69, 9.17) is 9.84 Å². The summed E-state index contributed by atoms with van der Waals surface area (Å²) in [6.45, 7) is 1.58. The van der Waals surface area contributed by atoms with E-state index in [-0.39, 0.29) is 12.2 Å². The predicted molar refractivity (Wildman–Crippen MR) is 56.4 cm³/mol. The molecule has 1 rings (SSSR count). The molecular weight excluding hydrogens is 267 g/mol. The molecule has 0 heterocycles. The van der Waals surface area contributed by atoms with Gasteiger partial charge in [0.2, 0.25) is 0 Å². The molecule has 0 spiro atoms. The van der Waals surface area contributed by atoms with Crippen molar-refractivity contribution >= 4 is 21.9 Å². The Morgan fingerprint density at radius 1 is 1.67 bits per heavy atom. The third kappa shape index (κ3) is 3.87. The highest BCUT2D eigenvalue weighted by Gasteiger charge is 2.11. The lowest BCUT2D eigenvalue weighted by Crippen LogP contribution is -2.17. The van der Waals surface area contributed by atoms with E-state index in [1.807, 2.05) is 0 Å². The van der Waals surface area contributed by atoms with Crippen LogP contribution in [-0.2, 0) is 4.79 Å². The Balaban J connectivity index is 2.68. The van der Waals surface area contributed by atoms with Crippen molar-refractivity contribution in [2.24, 2.45) is 0 Å². The van der Waals surface area contributed by atoms with Gasteiger partial charge in [-0.15, -0.1) is 0 Å². The zero-order chi connectivity index (χ0) is 11.4. The van der Waals surface area contributed by atoms with Crippen LogP contribution >= 0.6 is 15.9 Å². The van der Waals surface area contributed by atoms with Crippen LogP contribution in [0.1, 0.15) is 13.3 Å². The first kappa shape index (κ1) is 12.0. The number of hydrogen-bond acceptors (Lipinski definition) is 2. The highest BCUT2D eigenvalue weighted by molar-refractivity contribution is 9.10. The quantitative estimate of drug-likeness (QED) is 0.920. The standard InChI is InChI=1S/C10H10BrFO3/c1-6(4-10(13)14)15-9-3-2-7(11)5-8(9)12/h2-3,5-6H,4H2,1H3,(H,13,14). The van der Waals surface area contributed by atoms with E-state index < -0.39 is 17.9 Å². The molecule has 82 valence electrons. The van der Waals surface area contributed by atoms with E-state index in [9.17, 15) is 9.18 Å². The predicted octanol–water partition coefficient (Wildman–Crippen LogP) is 2.83. The molecule has 0 fully saturated rings. The van der Waals surface area contributed by atoms with Gasteiger partial charge in [0.1, 0.15) is 6.10 Å². The van der Waals surface area contributed by atoms with Crippen LogP contribution in [0.15, 0.2) is 22.7 Å². The van der Waals surface area contributed by atoms with Crippen molar-refractivity contribution in [2.75, 3.05) is 0 Å². The van der Waals surface area contributed by atoms with E-state index in [1.54, 1.807) is 13.0 Å². The molecule has 0 bridgehead atoms. The van der Waals surface area contributed by atoms with Crippen molar-refractivity contribution in [3.05, 3.63) is 28.5 Å². The number of carboxylic acids is 1. The van der Waals surface area contributed by atoms with Crippen molar-refractivity contribution < 1.29 is 19.0 Å².